The summed E-state index contributed by atoms with van der Waals surface area (Å²) in [4.78, 5) is 21.1. The number of benzene rings is 5. The Bertz CT molecular complexity index is 2680. The lowest BCUT2D eigenvalue weighted by Crippen LogP contribution is -2.07. The first kappa shape index (κ1) is 29.6. The third-order valence-electron chi connectivity index (χ3n) is 8.83. The number of hydrogen-bond donors (Lipinski definition) is 0. The summed E-state index contributed by atoms with van der Waals surface area (Å²) in [5.74, 6) is 1.44. The average Bonchev–Trinajstić information content (AvgIpc) is 3.64. The van der Waals surface area contributed by atoms with Gasteiger partial charge in [0.2, 0.25) is 0 Å². The minimum atomic E-state index is 0.278. The van der Waals surface area contributed by atoms with Gasteiger partial charge in [0.1, 0.15) is 23.3 Å². The van der Waals surface area contributed by atoms with Gasteiger partial charge in [0.05, 0.1) is 58.8 Å². The molecule has 0 amide bonds. The highest BCUT2D eigenvalue weighted by atomic mass is 15.0. The Morgan fingerprint density at radius 1 is 0.540 bits per heavy atom. The first-order valence-electron chi connectivity index (χ1n) is 15.4. The van der Waals surface area contributed by atoms with Gasteiger partial charge in [-0.25, -0.2) is 24.6 Å². The Labute approximate surface area is 285 Å². The van der Waals surface area contributed by atoms with Crippen molar-refractivity contribution in [2.24, 2.45) is 0 Å². The average molecular weight is 641 g/mol. The van der Waals surface area contributed by atoms with Crippen LogP contribution in [0.4, 0.5) is 11.4 Å². The SMILES string of the molecule is [C-]#[N+]c1ccc2c3ccc(C#N)cc3n(-c3cc(-c4nc(C)nc(C)n4)cc(-n4c5cc(C#N)ccc5c5ccc([N+]#[C-])cc54)c3C#N)c2c1. The van der Waals surface area contributed by atoms with Gasteiger partial charge >= 0.3 is 0 Å². The summed E-state index contributed by atoms with van der Waals surface area (Å²) in [6.45, 7) is 19.1. The second kappa shape index (κ2) is 11.2. The Balaban J connectivity index is 1.61. The molecule has 0 saturated heterocycles. The molecule has 0 saturated carbocycles. The van der Waals surface area contributed by atoms with Crippen molar-refractivity contribution in [3.05, 3.63) is 136 Å². The van der Waals surface area contributed by atoms with Gasteiger partial charge < -0.3 is 9.13 Å². The van der Waals surface area contributed by atoms with E-state index >= 15 is 0 Å². The highest BCUT2D eigenvalue weighted by Gasteiger charge is 2.24. The van der Waals surface area contributed by atoms with Crippen molar-refractivity contribution >= 4 is 55.0 Å². The van der Waals surface area contributed by atoms with Crippen molar-refractivity contribution in [2.45, 2.75) is 13.8 Å². The molecule has 50 heavy (non-hydrogen) atoms. The summed E-state index contributed by atoms with van der Waals surface area (Å²) in [6.07, 6.45) is 0. The summed E-state index contributed by atoms with van der Waals surface area (Å²) >= 11 is 0. The Kier molecular flexibility index (Phi) is 6.59. The molecule has 0 bridgehead atoms. The van der Waals surface area contributed by atoms with E-state index in [1.807, 2.05) is 45.5 Å². The van der Waals surface area contributed by atoms with E-state index in [9.17, 15) is 15.8 Å². The van der Waals surface area contributed by atoms with Crippen LogP contribution in [0.25, 0.3) is 76.1 Å². The Hall–Kier alpha value is -7.84. The standard InChI is InChI=1S/C40H20N10/c1-22-46-23(2)48-40(47-22)26-15-36(49-34-13-24(19-41)5-9-29(34)31-11-7-27(44-3)17-38(31)49)33(21-43)37(16-26)50-35-14-25(20-42)6-10-30(35)32-12-8-28(45-4)18-39(32)50/h5-18H,1-2H3. The first-order valence-corrected chi connectivity index (χ1v) is 15.4. The van der Waals surface area contributed by atoms with Crippen molar-refractivity contribution in [1.29, 1.82) is 15.8 Å². The molecule has 0 unspecified atom stereocenters. The van der Waals surface area contributed by atoms with Crippen molar-refractivity contribution in [2.75, 3.05) is 0 Å². The molecular weight excluding hydrogens is 621 g/mol. The second-order valence-electron chi connectivity index (χ2n) is 11.7. The molecule has 10 heteroatoms. The zero-order chi connectivity index (χ0) is 34.7. The van der Waals surface area contributed by atoms with E-state index < -0.39 is 0 Å². The largest absolute Gasteiger partial charge is 0.309 e. The van der Waals surface area contributed by atoms with Crippen LogP contribution in [0.15, 0.2) is 84.9 Å². The van der Waals surface area contributed by atoms with E-state index in [1.54, 1.807) is 62.4 Å². The summed E-state index contributed by atoms with van der Waals surface area (Å²) in [6, 6.07) is 32.2. The van der Waals surface area contributed by atoms with Crippen molar-refractivity contribution in [3.8, 4) is 41.0 Å². The van der Waals surface area contributed by atoms with Gasteiger partial charge in [0, 0.05) is 38.1 Å². The Morgan fingerprint density at radius 3 is 1.36 bits per heavy atom. The molecule has 0 fully saturated rings. The second-order valence-corrected chi connectivity index (χ2v) is 11.7. The molecule has 0 aliphatic rings. The topological polar surface area (TPSA) is 129 Å². The zero-order valence-electron chi connectivity index (χ0n) is 26.6. The molecule has 3 aromatic heterocycles. The zero-order valence-corrected chi connectivity index (χ0v) is 26.6. The third-order valence-corrected chi connectivity index (χ3v) is 8.83. The quantitative estimate of drug-likeness (QED) is 0.177. The molecule has 3 heterocycles. The van der Waals surface area contributed by atoms with Gasteiger partial charge in [-0.15, -0.1) is 0 Å². The fraction of sp³-hybridized carbons (Fsp3) is 0.0500. The lowest BCUT2D eigenvalue weighted by molar-refractivity contribution is 0.927. The number of nitrogens with zero attached hydrogens (tertiary/aromatic N) is 10. The molecule has 8 rings (SSSR count). The maximum Gasteiger partial charge on any atom is 0.189 e. The third kappa shape index (κ3) is 4.41. The lowest BCUT2D eigenvalue weighted by Gasteiger charge is -2.18. The summed E-state index contributed by atoms with van der Waals surface area (Å²) in [5, 5.41) is 34.3. The summed E-state index contributed by atoms with van der Waals surface area (Å²) in [7, 11) is 0. The Morgan fingerprint density at radius 2 is 0.960 bits per heavy atom. The van der Waals surface area contributed by atoms with Crippen molar-refractivity contribution in [1.82, 2.24) is 24.1 Å². The monoisotopic (exact) mass is 640 g/mol. The molecule has 0 spiro atoms. The van der Waals surface area contributed by atoms with E-state index in [1.165, 1.54) is 0 Å². The minimum absolute atomic E-state index is 0.278. The predicted octanol–water partition coefficient (Wildman–Crippen LogP) is 9.07. The van der Waals surface area contributed by atoms with Gasteiger partial charge in [-0.2, -0.15) is 15.8 Å². The molecule has 5 aromatic carbocycles. The van der Waals surface area contributed by atoms with Gasteiger partial charge in [0.15, 0.2) is 17.2 Å². The molecule has 8 aromatic rings. The molecule has 10 nitrogen and oxygen atoms in total. The fourth-order valence-corrected chi connectivity index (χ4v) is 6.76. The molecule has 0 radical (unpaired) electrons. The highest BCUT2D eigenvalue weighted by molar-refractivity contribution is 6.12. The van der Waals surface area contributed by atoms with Gasteiger partial charge in [-0.05, 0) is 62.4 Å². The maximum absolute atomic E-state index is 11.1. The molecule has 0 aliphatic heterocycles. The number of rotatable bonds is 3. The lowest BCUT2D eigenvalue weighted by atomic mass is 10.0. The molecular formula is C40H20N10. The van der Waals surface area contributed by atoms with Crippen molar-refractivity contribution < 1.29 is 0 Å². The van der Waals surface area contributed by atoms with E-state index in [0.717, 1.165) is 21.5 Å². The van der Waals surface area contributed by atoms with E-state index in [2.05, 4.69) is 42.8 Å². The van der Waals surface area contributed by atoms with E-state index in [4.69, 9.17) is 13.1 Å². The van der Waals surface area contributed by atoms with Crippen molar-refractivity contribution in [3.63, 3.8) is 0 Å². The molecule has 0 N–H and O–H groups in total. The van der Waals surface area contributed by atoms with Crippen LogP contribution in [0.5, 0.6) is 0 Å². The normalized spacial score (nSPS) is 10.9. The van der Waals surface area contributed by atoms with Gasteiger partial charge in [-0.1, -0.05) is 36.4 Å². The van der Waals surface area contributed by atoms with Gasteiger partial charge in [0.25, 0.3) is 0 Å². The molecule has 0 atom stereocenters. The van der Waals surface area contributed by atoms with Crippen LogP contribution in [0.1, 0.15) is 28.3 Å². The smallest absolute Gasteiger partial charge is 0.189 e. The van der Waals surface area contributed by atoms with Crippen LogP contribution < -0.4 is 0 Å². The molecule has 0 aliphatic carbocycles. The predicted molar refractivity (Wildman–Crippen MR) is 190 cm³/mol. The number of nitriles is 3. The van der Waals surface area contributed by atoms with E-state index in [0.29, 0.717) is 79.0 Å². The number of hydrogen-bond acceptors (Lipinski definition) is 6. The van der Waals surface area contributed by atoms with Crippen LogP contribution in [0.3, 0.4) is 0 Å². The van der Waals surface area contributed by atoms with E-state index in [-0.39, 0.29) is 5.56 Å². The minimum Gasteiger partial charge on any atom is -0.309 e. The number of aryl methyl sites for hydroxylation is 2. The number of aromatic nitrogens is 5. The van der Waals surface area contributed by atoms with Crippen LogP contribution in [0, 0.1) is 61.0 Å². The van der Waals surface area contributed by atoms with Crippen LogP contribution in [0.2, 0.25) is 0 Å². The van der Waals surface area contributed by atoms with Crippen LogP contribution in [-0.4, -0.2) is 24.1 Å². The summed E-state index contributed by atoms with van der Waals surface area (Å²) < 4.78 is 3.82. The summed E-state index contributed by atoms with van der Waals surface area (Å²) in [5.41, 5.74) is 6.21. The van der Waals surface area contributed by atoms with Crippen LogP contribution in [-0.2, 0) is 0 Å². The van der Waals surface area contributed by atoms with Gasteiger partial charge in [-0.3, -0.25) is 0 Å². The molecule has 230 valence electrons. The first-order chi connectivity index (χ1) is 24.3. The number of fused-ring (bicyclic) bond motifs is 6. The van der Waals surface area contributed by atoms with Crippen LogP contribution >= 0.6 is 0 Å². The highest BCUT2D eigenvalue weighted by Crippen LogP contribution is 2.41. The maximum atomic E-state index is 11.1. The fourth-order valence-electron chi connectivity index (χ4n) is 6.76.